The molecule has 3 rings (SSSR count). The Hall–Kier alpha value is -1.57. The SMILES string of the molecule is Cn1c(CCNC(=O)[C@H]2CCOC(C)(C)C2)nnc1SCc1cccc(Cl)c1. The summed E-state index contributed by atoms with van der Waals surface area (Å²) in [6.45, 7) is 5.27. The minimum atomic E-state index is -0.223. The first-order chi connectivity index (χ1) is 13.3. The molecular formula is C20H27ClN4O2S. The predicted octanol–water partition coefficient (Wildman–Crippen LogP) is 3.62. The molecule has 0 saturated carbocycles. The lowest BCUT2D eigenvalue weighted by molar-refractivity contribution is -0.135. The van der Waals surface area contributed by atoms with Crippen molar-refractivity contribution in [1.29, 1.82) is 0 Å². The maximum atomic E-state index is 12.4. The Kier molecular flexibility index (Phi) is 7.01. The number of carbonyl (C=O) groups is 1. The monoisotopic (exact) mass is 422 g/mol. The van der Waals surface area contributed by atoms with Crippen molar-refractivity contribution >= 4 is 29.3 Å². The van der Waals surface area contributed by atoms with E-state index in [4.69, 9.17) is 16.3 Å². The third-order valence-corrected chi connectivity index (χ3v) is 6.22. The van der Waals surface area contributed by atoms with E-state index in [1.807, 2.05) is 49.7 Å². The van der Waals surface area contributed by atoms with Crippen LogP contribution in [-0.4, -0.2) is 39.4 Å². The zero-order valence-electron chi connectivity index (χ0n) is 16.6. The summed E-state index contributed by atoms with van der Waals surface area (Å²) in [6, 6.07) is 7.82. The predicted molar refractivity (Wildman–Crippen MR) is 111 cm³/mol. The highest BCUT2D eigenvalue weighted by Gasteiger charge is 2.32. The van der Waals surface area contributed by atoms with Crippen molar-refractivity contribution in [2.45, 2.75) is 49.6 Å². The van der Waals surface area contributed by atoms with Gasteiger partial charge in [-0.25, -0.2) is 0 Å². The molecule has 1 aromatic heterocycles. The molecule has 1 saturated heterocycles. The molecule has 0 aliphatic carbocycles. The van der Waals surface area contributed by atoms with E-state index in [1.54, 1.807) is 11.8 Å². The Labute approximate surface area is 175 Å². The Morgan fingerprint density at radius 1 is 1.43 bits per heavy atom. The largest absolute Gasteiger partial charge is 0.376 e. The van der Waals surface area contributed by atoms with Gasteiger partial charge in [0.25, 0.3) is 0 Å². The molecule has 0 spiro atoms. The van der Waals surface area contributed by atoms with Crippen molar-refractivity contribution in [1.82, 2.24) is 20.1 Å². The molecule has 152 valence electrons. The molecule has 28 heavy (non-hydrogen) atoms. The van der Waals surface area contributed by atoms with Gasteiger partial charge in [-0.15, -0.1) is 10.2 Å². The molecular weight excluding hydrogens is 396 g/mol. The van der Waals surface area contributed by atoms with E-state index in [-0.39, 0.29) is 17.4 Å². The molecule has 6 nitrogen and oxygen atoms in total. The van der Waals surface area contributed by atoms with Gasteiger partial charge in [-0.1, -0.05) is 35.5 Å². The summed E-state index contributed by atoms with van der Waals surface area (Å²) in [4.78, 5) is 12.4. The fourth-order valence-electron chi connectivity index (χ4n) is 3.36. The molecule has 8 heteroatoms. The second-order valence-electron chi connectivity index (χ2n) is 7.72. The summed E-state index contributed by atoms with van der Waals surface area (Å²) >= 11 is 7.65. The zero-order chi connectivity index (χ0) is 20.1. The number of ether oxygens (including phenoxy) is 1. The summed E-state index contributed by atoms with van der Waals surface area (Å²) in [5.41, 5.74) is 0.924. The van der Waals surface area contributed by atoms with E-state index < -0.39 is 0 Å². The molecule has 1 fully saturated rings. The van der Waals surface area contributed by atoms with Crippen LogP contribution in [0.5, 0.6) is 0 Å². The minimum absolute atomic E-state index is 0.0204. The van der Waals surface area contributed by atoms with Gasteiger partial charge in [0.15, 0.2) is 5.16 Å². The van der Waals surface area contributed by atoms with Crippen molar-refractivity contribution < 1.29 is 9.53 Å². The molecule has 1 aliphatic rings. The third kappa shape index (κ3) is 5.72. The number of nitrogens with zero attached hydrogens (tertiary/aromatic N) is 3. The lowest BCUT2D eigenvalue weighted by atomic mass is 9.88. The Morgan fingerprint density at radius 3 is 3.00 bits per heavy atom. The van der Waals surface area contributed by atoms with Crippen LogP contribution in [0.4, 0.5) is 0 Å². The summed E-state index contributed by atoms with van der Waals surface area (Å²) in [6.07, 6.45) is 2.19. The van der Waals surface area contributed by atoms with Crippen LogP contribution >= 0.6 is 23.4 Å². The second kappa shape index (κ2) is 9.29. The number of thioether (sulfide) groups is 1. The second-order valence-corrected chi connectivity index (χ2v) is 9.09. The first-order valence-electron chi connectivity index (χ1n) is 9.51. The lowest BCUT2D eigenvalue weighted by Crippen LogP contribution is -2.42. The van der Waals surface area contributed by atoms with Gasteiger partial charge in [0.2, 0.25) is 5.91 Å². The Balaban J connectivity index is 1.47. The van der Waals surface area contributed by atoms with Crippen LogP contribution in [0.25, 0.3) is 0 Å². The quantitative estimate of drug-likeness (QED) is 0.690. The normalized spacial score (nSPS) is 18.8. The average Bonchev–Trinajstić information content (AvgIpc) is 2.99. The van der Waals surface area contributed by atoms with Crippen LogP contribution in [0.3, 0.4) is 0 Å². The van der Waals surface area contributed by atoms with Gasteiger partial charge in [-0.2, -0.15) is 0 Å². The van der Waals surface area contributed by atoms with E-state index in [0.717, 1.165) is 40.2 Å². The number of nitrogens with one attached hydrogen (secondary N) is 1. The Bertz CT molecular complexity index is 824. The molecule has 1 aliphatic heterocycles. The van der Waals surface area contributed by atoms with Crippen LogP contribution in [0.2, 0.25) is 5.02 Å². The van der Waals surface area contributed by atoms with E-state index >= 15 is 0 Å². The fraction of sp³-hybridized carbons (Fsp3) is 0.550. The molecule has 0 unspecified atom stereocenters. The summed E-state index contributed by atoms with van der Waals surface area (Å²) < 4.78 is 7.67. The summed E-state index contributed by atoms with van der Waals surface area (Å²) in [5, 5.41) is 13.2. The van der Waals surface area contributed by atoms with Gasteiger partial charge >= 0.3 is 0 Å². The van der Waals surface area contributed by atoms with Crippen LogP contribution in [0.15, 0.2) is 29.4 Å². The standard InChI is InChI=1S/C20H27ClN4O2S/c1-20(2)12-15(8-10-27-20)18(26)22-9-7-17-23-24-19(25(17)3)28-13-14-5-4-6-16(21)11-14/h4-6,11,15H,7-10,12-13H2,1-3H3,(H,22,26)/t15-/m0/s1. The summed E-state index contributed by atoms with van der Waals surface area (Å²) in [5.74, 6) is 1.77. The number of aromatic nitrogens is 3. The molecule has 1 amide bonds. The van der Waals surface area contributed by atoms with Gasteiger partial charge < -0.3 is 14.6 Å². The van der Waals surface area contributed by atoms with E-state index in [2.05, 4.69) is 15.5 Å². The minimum Gasteiger partial charge on any atom is -0.376 e. The van der Waals surface area contributed by atoms with Crippen LogP contribution in [-0.2, 0) is 28.8 Å². The van der Waals surface area contributed by atoms with Crippen LogP contribution < -0.4 is 5.32 Å². The first-order valence-corrected chi connectivity index (χ1v) is 10.9. The highest BCUT2D eigenvalue weighted by atomic mass is 35.5. The topological polar surface area (TPSA) is 69.0 Å². The van der Waals surface area contributed by atoms with Crippen LogP contribution in [0.1, 0.15) is 38.1 Å². The van der Waals surface area contributed by atoms with E-state index in [0.29, 0.717) is 19.6 Å². The molecule has 0 radical (unpaired) electrons. The number of amides is 1. The maximum absolute atomic E-state index is 12.4. The van der Waals surface area contributed by atoms with E-state index in [1.165, 1.54) is 0 Å². The smallest absolute Gasteiger partial charge is 0.223 e. The maximum Gasteiger partial charge on any atom is 0.223 e. The molecule has 0 bridgehead atoms. The van der Waals surface area contributed by atoms with Crippen molar-refractivity contribution in [3.63, 3.8) is 0 Å². The molecule has 2 heterocycles. The van der Waals surface area contributed by atoms with Gasteiger partial charge in [-0.3, -0.25) is 4.79 Å². The van der Waals surface area contributed by atoms with Crippen molar-refractivity contribution in [2.24, 2.45) is 13.0 Å². The number of hydrogen-bond acceptors (Lipinski definition) is 5. The zero-order valence-corrected chi connectivity index (χ0v) is 18.1. The highest BCUT2D eigenvalue weighted by molar-refractivity contribution is 7.98. The van der Waals surface area contributed by atoms with Gasteiger partial charge in [-0.05, 0) is 44.4 Å². The number of benzene rings is 1. The van der Waals surface area contributed by atoms with Crippen molar-refractivity contribution in [2.75, 3.05) is 13.2 Å². The average molecular weight is 423 g/mol. The first kappa shape index (κ1) is 21.1. The van der Waals surface area contributed by atoms with Gasteiger partial charge in [0, 0.05) is 43.3 Å². The van der Waals surface area contributed by atoms with Crippen LogP contribution in [0, 0.1) is 5.92 Å². The third-order valence-electron chi connectivity index (χ3n) is 4.90. The van der Waals surface area contributed by atoms with Gasteiger partial charge in [0.05, 0.1) is 5.60 Å². The highest BCUT2D eigenvalue weighted by Crippen LogP contribution is 2.28. The van der Waals surface area contributed by atoms with Crippen molar-refractivity contribution in [3.05, 3.63) is 40.7 Å². The molecule has 1 N–H and O–H groups in total. The Morgan fingerprint density at radius 2 is 2.25 bits per heavy atom. The van der Waals surface area contributed by atoms with Crippen molar-refractivity contribution in [3.8, 4) is 0 Å². The molecule has 1 atom stereocenters. The fourth-order valence-corrected chi connectivity index (χ4v) is 4.45. The number of hydrogen-bond donors (Lipinski definition) is 1. The number of carbonyl (C=O) groups excluding carboxylic acids is 1. The molecule has 2 aromatic rings. The number of rotatable bonds is 7. The number of halogens is 1. The van der Waals surface area contributed by atoms with Gasteiger partial charge in [0.1, 0.15) is 5.82 Å². The molecule has 1 aromatic carbocycles. The lowest BCUT2D eigenvalue weighted by Gasteiger charge is -2.34. The summed E-state index contributed by atoms with van der Waals surface area (Å²) in [7, 11) is 1.96. The van der Waals surface area contributed by atoms with E-state index in [9.17, 15) is 4.79 Å².